The lowest BCUT2D eigenvalue weighted by Gasteiger charge is -2.15. The third-order valence-electron chi connectivity index (χ3n) is 3.27. The molecule has 0 saturated carbocycles. The first-order valence-electron chi connectivity index (χ1n) is 7.45. The monoisotopic (exact) mass is 302 g/mol. The molecule has 118 valence electrons. The minimum atomic E-state index is -0.315. The molecule has 2 aromatic rings. The summed E-state index contributed by atoms with van der Waals surface area (Å²) in [4.78, 5) is 12.3. The van der Waals surface area contributed by atoms with E-state index in [0.29, 0.717) is 18.1 Å². The number of aryl methyl sites for hydroxylation is 2. The molecule has 0 atom stereocenters. The molecule has 0 aliphatic rings. The summed E-state index contributed by atoms with van der Waals surface area (Å²) < 4.78 is 12.7. The highest BCUT2D eigenvalue weighted by Gasteiger charge is 2.17. The van der Waals surface area contributed by atoms with Gasteiger partial charge in [-0.1, -0.05) is 19.1 Å². The second kappa shape index (κ2) is 7.11. The second-order valence-corrected chi connectivity index (χ2v) is 5.37. The van der Waals surface area contributed by atoms with Crippen LogP contribution < -0.4 is 4.74 Å². The molecule has 1 heterocycles. The Labute approximate surface area is 130 Å². The van der Waals surface area contributed by atoms with E-state index in [-0.39, 0.29) is 12.1 Å². The number of rotatable bonds is 6. The first kappa shape index (κ1) is 16.1. The third kappa shape index (κ3) is 3.87. The van der Waals surface area contributed by atoms with Crippen molar-refractivity contribution in [3.63, 3.8) is 0 Å². The molecule has 0 N–H and O–H groups in total. The van der Waals surface area contributed by atoms with Crippen LogP contribution in [0.1, 0.15) is 42.3 Å². The summed E-state index contributed by atoms with van der Waals surface area (Å²) >= 11 is 0. The number of hydrogen-bond acceptors (Lipinski definition) is 4. The van der Waals surface area contributed by atoms with Crippen molar-refractivity contribution >= 4 is 5.97 Å². The second-order valence-electron chi connectivity index (χ2n) is 5.37. The van der Waals surface area contributed by atoms with E-state index in [2.05, 4.69) is 12.0 Å². The van der Waals surface area contributed by atoms with Gasteiger partial charge in [-0.2, -0.15) is 0 Å². The molecule has 0 fully saturated rings. The normalized spacial score (nSPS) is 10.8. The standard InChI is InChI=1S/C17H22N2O3/c1-5-13-7-6-8-14(17(20)22-12(2)3)15(13)11-21-16-9-10-19(4)18-16/h6-10,12H,5,11H2,1-4H3. The van der Waals surface area contributed by atoms with Crippen LogP contribution in [0.3, 0.4) is 0 Å². The van der Waals surface area contributed by atoms with Crippen LogP contribution in [-0.4, -0.2) is 21.9 Å². The smallest absolute Gasteiger partial charge is 0.338 e. The van der Waals surface area contributed by atoms with Gasteiger partial charge in [-0.3, -0.25) is 4.68 Å². The van der Waals surface area contributed by atoms with Crippen LogP contribution in [0.5, 0.6) is 5.88 Å². The zero-order valence-electron chi connectivity index (χ0n) is 13.5. The Morgan fingerprint density at radius 1 is 1.32 bits per heavy atom. The van der Waals surface area contributed by atoms with Crippen molar-refractivity contribution in [2.24, 2.45) is 7.05 Å². The number of aromatic nitrogens is 2. The molecule has 22 heavy (non-hydrogen) atoms. The molecule has 0 unspecified atom stereocenters. The Morgan fingerprint density at radius 3 is 2.68 bits per heavy atom. The SMILES string of the molecule is CCc1cccc(C(=O)OC(C)C)c1COc1ccn(C)n1. The van der Waals surface area contributed by atoms with Gasteiger partial charge < -0.3 is 9.47 Å². The number of esters is 1. The van der Waals surface area contributed by atoms with Gasteiger partial charge in [-0.05, 0) is 31.9 Å². The highest BCUT2D eigenvalue weighted by molar-refractivity contribution is 5.91. The van der Waals surface area contributed by atoms with Crippen molar-refractivity contribution in [3.05, 3.63) is 47.2 Å². The van der Waals surface area contributed by atoms with Crippen LogP contribution in [0.2, 0.25) is 0 Å². The van der Waals surface area contributed by atoms with Crippen molar-refractivity contribution < 1.29 is 14.3 Å². The fourth-order valence-corrected chi connectivity index (χ4v) is 2.22. The lowest BCUT2D eigenvalue weighted by atomic mass is 10.00. The van der Waals surface area contributed by atoms with Crippen LogP contribution >= 0.6 is 0 Å². The first-order chi connectivity index (χ1) is 10.5. The van der Waals surface area contributed by atoms with E-state index in [0.717, 1.165) is 17.5 Å². The topological polar surface area (TPSA) is 53.4 Å². The quantitative estimate of drug-likeness (QED) is 0.769. The summed E-state index contributed by atoms with van der Waals surface area (Å²) in [6.45, 7) is 6.03. The van der Waals surface area contributed by atoms with E-state index in [1.807, 2.05) is 39.2 Å². The van der Waals surface area contributed by atoms with Gasteiger partial charge in [-0.25, -0.2) is 4.79 Å². The maximum atomic E-state index is 12.3. The van der Waals surface area contributed by atoms with Crippen molar-refractivity contribution in [3.8, 4) is 5.88 Å². The molecule has 1 aromatic heterocycles. The number of carbonyl (C=O) groups excluding carboxylic acids is 1. The lowest BCUT2D eigenvalue weighted by Crippen LogP contribution is -2.15. The predicted octanol–water partition coefficient (Wildman–Crippen LogP) is 3.13. The Hall–Kier alpha value is -2.30. The maximum absolute atomic E-state index is 12.3. The van der Waals surface area contributed by atoms with Crippen molar-refractivity contribution in [1.82, 2.24) is 9.78 Å². The van der Waals surface area contributed by atoms with Gasteiger partial charge in [-0.15, -0.1) is 5.10 Å². The third-order valence-corrected chi connectivity index (χ3v) is 3.27. The van der Waals surface area contributed by atoms with Gasteiger partial charge in [0.25, 0.3) is 0 Å². The zero-order valence-corrected chi connectivity index (χ0v) is 13.5. The molecule has 5 heteroatoms. The van der Waals surface area contributed by atoms with Crippen LogP contribution in [0.25, 0.3) is 0 Å². The van der Waals surface area contributed by atoms with Gasteiger partial charge in [0.1, 0.15) is 6.61 Å². The van der Waals surface area contributed by atoms with E-state index < -0.39 is 0 Å². The molecule has 0 spiro atoms. The molecule has 5 nitrogen and oxygen atoms in total. The molecular weight excluding hydrogens is 280 g/mol. The van der Waals surface area contributed by atoms with Crippen LogP contribution in [0.15, 0.2) is 30.5 Å². The highest BCUT2D eigenvalue weighted by atomic mass is 16.5. The summed E-state index contributed by atoms with van der Waals surface area (Å²) in [7, 11) is 1.83. The summed E-state index contributed by atoms with van der Waals surface area (Å²) in [6, 6.07) is 7.45. The molecule has 0 radical (unpaired) electrons. The number of benzene rings is 1. The molecule has 1 aromatic carbocycles. The Morgan fingerprint density at radius 2 is 2.09 bits per heavy atom. The fraction of sp³-hybridized carbons (Fsp3) is 0.412. The number of hydrogen-bond donors (Lipinski definition) is 0. The number of carbonyl (C=O) groups is 1. The lowest BCUT2D eigenvalue weighted by molar-refractivity contribution is 0.0374. The van der Waals surface area contributed by atoms with Crippen LogP contribution in [0, 0.1) is 0 Å². The minimum absolute atomic E-state index is 0.151. The van der Waals surface area contributed by atoms with Gasteiger partial charge in [0.05, 0.1) is 11.7 Å². The molecule has 0 saturated heterocycles. The molecular formula is C17H22N2O3. The van der Waals surface area contributed by atoms with Crippen molar-refractivity contribution in [1.29, 1.82) is 0 Å². The first-order valence-corrected chi connectivity index (χ1v) is 7.45. The summed E-state index contributed by atoms with van der Waals surface area (Å²) in [5.41, 5.74) is 2.50. The van der Waals surface area contributed by atoms with Gasteiger partial charge in [0, 0.05) is 24.9 Å². The molecule has 0 aliphatic carbocycles. The summed E-state index contributed by atoms with van der Waals surface area (Å²) in [5, 5.41) is 4.18. The van der Waals surface area contributed by atoms with Crippen molar-refractivity contribution in [2.75, 3.05) is 0 Å². The predicted molar refractivity (Wildman–Crippen MR) is 83.9 cm³/mol. The number of ether oxygens (including phenoxy) is 2. The largest absolute Gasteiger partial charge is 0.472 e. The fourth-order valence-electron chi connectivity index (χ4n) is 2.22. The minimum Gasteiger partial charge on any atom is -0.472 e. The molecule has 0 aliphatic heterocycles. The molecule has 0 amide bonds. The maximum Gasteiger partial charge on any atom is 0.338 e. The van der Waals surface area contributed by atoms with Crippen molar-refractivity contribution in [2.45, 2.75) is 39.9 Å². The van der Waals surface area contributed by atoms with E-state index in [1.165, 1.54) is 0 Å². The number of nitrogens with zero attached hydrogens (tertiary/aromatic N) is 2. The van der Waals surface area contributed by atoms with Crippen LogP contribution in [0.4, 0.5) is 0 Å². The zero-order chi connectivity index (χ0) is 16.1. The van der Waals surface area contributed by atoms with Crippen LogP contribution in [-0.2, 0) is 24.8 Å². The van der Waals surface area contributed by atoms with Gasteiger partial charge in [0.2, 0.25) is 5.88 Å². The van der Waals surface area contributed by atoms with Gasteiger partial charge >= 0.3 is 5.97 Å². The van der Waals surface area contributed by atoms with E-state index in [4.69, 9.17) is 9.47 Å². The van der Waals surface area contributed by atoms with Gasteiger partial charge in [0.15, 0.2) is 0 Å². The Kier molecular flexibility index (Phi) is 5.20. The average molecular weight is 302 g/mol. The summed E-state index contributed by atoms with van der Waals surface area (Å²) in [6.07, 6.45) is 2.49. The van der Waals surface area contributed by atoms with E-state index in [9.17, 15) is 4.79 Å². The van der Waals surface area contributed by atoms with E-state index >= 15 is 0 Å². The molecule has 0 bridgehead atoms. The van der Waals surface area contributed by atoms with E-state index in [1.54, 1.807) is 16.8 Å². The Balaban J connectivity index is 2.24. The highest BCUT2D eigenvalue weighted by Crippen LogP contribution is 2.20. The Bertz CT molecular complexity index is 647. The summed E-state index contributed by atoms with van der Waals surface area (Å²) in [5.74, 6) is 0.224. The molecule has 2 rings (SSSR count). The average Bonchev–Trinajstić information content (AvgIpc) is 2.89.